The van der Waals surface area contributed by atoms with Gasteiger partial charge in [0, 0.05) is 6.20 Å². The predicted octanol–water partition coefficient (Wildman–Crippen LogP) is -0.164. The Kier molecular flexibility index (Phi) is 2.76. The Morgan fingerprint density at radius 2 is 2.21 bits per heavy atom. The van der Waals surface area contributed by atoms with E-state index in [1.807, 2.05) is 4.98 Å². The first-order valence-corrected chi connectivity index (χ1v) is 4.05. The lowest BCUT2D eigenvalue weighted by Crippen LogP contribution is -2.34. The summed E-state index contributed by atoms with van der Waals surface area (Å²) in [5, 5.41) is 8.40. The molecule has 1 aromatic heterocycles. The van der Waals surface area contributed by atoms with Crippen LogP contribution in [0.15, 0.2) is 15.8 Å². The van der Waals surface area contributed by atoms with Crippen LogP contribution < -0.4 is 11.2 Å². The molecule has 1 rings (SSSR count). The summed E-state index contributed by atoms with van der Waals surface area (Å²) >= 11 is 5.44. The van der Waals surface area contributed by atoms with Gasteiger partial charge in [0.25, 0.3) is 5.56 Å². The van der Waals surface area contributed by atoms with Gasteiger partial charge in [-0.25, -0.2) is 9.59 Å². The van der Waals surface area contributed by atoms with E-state index in [-0.39, 0.29) is 5.02 Å². The number of carboxylic acids is 1. The molecular formula is C7H7ClN2O4. The summed E-state index contributed by atoms with van der Waals surface area (Å²) in [4.78, 5) is 34.4. The summed E-state index contributed by atoms with van der Waals surface area (Å²) < 4.78 is 0.839. The standard InChI is InChI=1S/C7H7ClN2O4/c1-3(6(12)13)10-2-4(8)5(11)9-7(10)14/h2-3H,1H3,(H,12,13)(H,9,11,14). The van der Waals surface area contributed by atoms with Crippen molar-refractivity contribution in [3.8, 4) is 0 Å². The fourth-order valence-corrected chi connectivity index (χ4v) is 1.02. The van der Waals surface area contributed by atoms with Gasteiger partial charge in [0.05, 0.1) is 0 Å². The maximum Gasteiger partial charge on any atom is 0.329 e. The molecule has 0 bridgehead atoms. The molecule has 76 valence electrons. The number of hydrogen-bond donors (Lipinski definition) is 2. The summed E-state index contributed by atoms with van der Waals surface area (Å²) in [7, 11) is 0. The van der Waals surface area contributed by atoms with Crippen LogP contribution in [0.25, 0.3) is 0 Å². The number of carbonyl (C=O) groups is 1. The van der Waals surface area contributed by atoms with E-state index in [0.29, 0.717) is 0 Å². The minimum atomic E-state index is -1.18. The Hall–Kier alpha value is -1.56. The summed E-state index contributed by atoms with van der Waals surface area (Å²) in [6.07, 6.45) is 1.00. The van der Waals surface area contributed by atoms with Gasteiger partial charge in [0.1, 0.15) is 11.1 Å². The fourth-order valence-electron chi connectivity index (χ4n) is 0.867. The van der Waals surface area contributed by atoms with Crippen LogP contribution in [-0.4, -0.2) is 20.6 Å². The van der Waals surface area contributed by atoms with Crippen molar-refractivity contribution in [1.29, 1.82) is 0 Å². The lowest BCUT2D eigenvalue weighted by molar-refractivity contribution is -0.140. The van der Waals surface area contributed by atoms with Gasteiger partial charge < -0.3 is 5.11 Å². The van der Waals surface area contributed by atoms with E-state index < -0.39 is 23.3 Å². The second-order valence-corrected chi connectivity index (χ2v) is 3.06. The number of nitrogens with one attached hydrogen (secondary N) is 1. The molecule has 0 fully saturated rings. The monoisotopic (exact) mass is 218 g/mol. The first-order chi connectivity index (χ1) is 6.43. The van der Waals surface area contributed by atoms with Gasteiger partial charge in [-0.3, -0.25) is 14.3 Å². The second-order valence-electron chi connectivity index (χ2n) is 2.66. The van der Waals surface area contributed by atoms with E-state index >= 15 is 0 Å². The van der Waals surface area contributed by atoms with Crippen molar-refractivity contribution in [1.82, 2.24) is 9.55 Å². The average molecular weight is 219 g/mol. The number of aromatic amines is 1. The number of hydrogen-bond acceptors (Lipinski definition) is 3. The molecule has 1 heterocycles. The van der Waals surface area contributed by atoms with Crippen LogP contribution in [0.4, 0.5) is 0 Å². The van der Waals surface area contributed by atoms with E-state index in [4.69, 9.17) is 16.7 Å². The Morgan fingerprint density at radius 3 is 2.71 bits per heavy atom. The highest BCUT2D eigenvalue weighted by Crippen LogP contribution is 2.04. The van der Waals surface area contributed by atoms with Crippen molar-refractivity contribution in [2.24, 2.45) is 0 Å². The average Bonchev–Trinajstić information content (AvgIpc) is 2.10. The molecule has 14 heavy (non-hydrogen) atoms. The quantitative estimate of drug-likeness (QED) is 0.721. The van der Waals surface area contributed by atoms with Crippen molar-refractivity contribution in [3.63, 3.8) is 0 Å². The maximum absolute atomic E-state index is 11.1. The van der Waals surface area contributed by atoms with Gasteiger partial charge >= 0.3 is 11.7 Å². The summed E-state index contributed by atoms with van der Waals surface area (Å²) in [6.45, 7) is 1.30. The highest BCUT2D eigenvalue weighted by Gasteiger charge is 2.15. The number of aromatic nitrogens is 2. The smallest absolute Gasteiger partial charge is 0.329 e. The van der Waals surface area contributed by atoms with Gasteiger partial charge in [0.15, 0.2) is 0 Å². The molecule has 0 amide bonds. The van der Waals surface area contributed by atoms with E-state index in [1.54, 1.807) is 0 Å². The number of halogens is 1. The van der Waals surface area contributed by atoms with E-state index in [9.17, 15) is 14.4 Å². The number of aliphatic carboxylic acids is 1. The number of carboxylic acid groups (broad SMARTS) is 1. The Morgan fingerprint density at radius 1 is 1.64 bits per heavy atom. The third kappa shape index (κ3) is 1.85. The Balaban J connectivity index is 3.37. The molecule has 1 aromatic rings. The van der Waals surface area contributed by atoms with E-state index in [2.05, 4.69) is 0 Å². The molecule has 0 aliphatic rings. The zero-order valence-electron chi connectivity index (χ0n) is 7.15. The molecule has 2 N–H and O–H groups in total. The van der Waals surface area contributed by atoms with Crippen LogP contribution in [0.1, 0.15) is 13.0 Å². The van der Waals surface area contributed by atoms with Gasteiger partial charge in [-0.05, 0) is 6.92 Å². The van der Waals surface area contributed by atoms with Crippen LogP contribution in [0, 0.1) is 0 Å². The molecule has 1 unspecified atom stereocenters. The zero-order valence-corrected chi connectivity index (χ0v) is 7.91. The number of nitrogens with zero attached hydrogens (tertiary/aromatic N) is 1. The minimum Gasteiger partial charge on any atom is -0.480 e. The predicted molar refractivity (Wildman–Crippen MR) is 48.7 cm³/mol. The van der Waals surface area contributed by atoms with Gasteiger partial charge in [0.2, 0.25) is 0 Å². The van der Waals surface area contributed by atoms with E-state index in [0.717, 1.165) is 10.8 Å². The zero-order chi connectivity index (χ0) is 10.9. The molecule has 6 nitrogen and oxygen atoms in total. The Bertz CT molecular complexity index is 475. The molecule has 0 spiro atoms. The molecule has 7 heteroatoms. The highest BCUT2D eigenvalue weighted by molar-refractivity contribution is 6.30. The summed E-state index contributed by atoms with van der Waals surface area (Å²) in [6, 6.07) is -1.07. The molecule has 1 atom stereocenters. The van der Waals surface area contributed by atoms with Gasteiger partial charge in [-0.15, -0.1) is 0 Å². The molecule has 0 radical (unpaired) electrons. The first kappa shape index (κ1) is 10.5. The largest absolute Gasteiger partial charge is 0.480 e. The molecular weight excluding hydrogens is 212 g/mol. The van der Waals surface area contributed by atoms with Crippen molar-refractivity contribution >= 4 is 17.6 Å². The van der Waals surface area contributed by atoms with Crippen LogP contribution >= 0.6 is 11.6 Å². The fraction of sp³-hybridized carbons (Fsp3) is 0.286. The topological polar surface area (TPSA) is 92.2 Å². The summed E-state index contributed by atoms with van der Waals surface area (Å²) in [5.41, 5.74) is -1.53. The van der Waals surface area contributed by atoms with Crippen molar-refractivity contribution in [2.45, 2.75) is 13.0 Å². The molecule has 0 aromatic carbocycles. The van der Waals surface area contributed by atoms with Crippen LogP contribution in [-0.2, 0) is 4.79 Å². The molecule has 0 aliphatic carbocycles. The molecule has 0 saturated heterocycles. The van der Waals surface area contributed by atoms with Crippen LogP contribution in [0.2, 0.25) is 5.02 Å². The first-order valence-electron chi connectivity index (χ1n) is 3.67. The van der Waals surface area contributed by atoms with Crippen LogP contribution in [0.3, 0.4) is 0 Å². The third-order valence-corrected chi connectivity index (χ3v) is 1.97. The van der Waals surface area contributed by atoms with Gasteiger partial charge in [-0.1, -0.05) is 11.6 Å². The van der Waals surface area contributed by atoms with E-state index in [1.165, 1.54) is 6.92 Å². The van der Waals surface area contributed by atoms with Crippen molar-refractivity contribution < 1.29 is 9.90 Å². The Labute approximate surface area is 82.8 Å². The van der Waals surface area contributed by atoms with Crippen molar-refractivity contribution in [3.05, 3.63) is 32.1 Å². The third-order valence-electron chi connectivity index (χ3n) is 1.70. The highest BCUT2D eigenvalue weighted by atomic mass is 35.5. The lowest BCUT2D eigenvalue weighted by Gasteiger charge is -2.08. The van der Waals surface area contributed by atoms with Gasteiger partial charge in [-0.2, -0.15) is 0 Å². The second kappa shape index (κ2) is 3.67. The maximum atomic E-state index is 11.1. The van der Waals surface area contributed by atoms with Crippen molar-refractivity contribution in [2.75, 3.05) is 0 Å². The number of rotatable bonds is 2. The van der Waals surface area contributed by atoms with Crippen LogP contribution in [0.5, 0.6) is 0 Å². The normalized spacial score (nSPS) is 12.4. The molecule has 0 saturated carbocycles. The SMILES string of the molecule is CC(C(=O)O)n1cc(Cl)c(=O)[nH]c1=O. The molecule has 0 aliphatic heterocycles. The summed E-state index contributed by atoms with van der Waals surface area (Å²) in [5.74, 6) is -1.18. The number of H-pyrrole nitrogens is 1. The minimum absolute atomic E-state index is 0.224. The lowest BCUT2D eigenvalue weighted by atomic mass is 10.3.